The van der Waals surface area contributed by atoms with Gasteiger partial charge in [0.05, 0.1) is 24.8 Å². The van der Waals surface area contributed by atoms with E-state index in [0.29, 0.717) is 38.3 Å². The maximum Gasteiger partial charge on any atom is 0.253 e. The minimum absolute atomic E-state index is 0.0378. The van der Waals surface area contributed by atoms with Gasteiger partial charge in [-0.2, -0.15) is 0 Å². The van der Waals surface area contributed by atoms with Crippen molar-refractivity contribution in [3.8, 4) is 5.75 Å². The molecule has 1 aromatic carbocycles. The molecule has 0 aromatic heterocycles. The molecule has 0 unspecified atom stereocenters. The summed E-state index contributed by atoms with van der Waals surface area (Å²) in [6, 6.07) is 5.30. The van der Waals surface area contributed by atoms with Gasteiger partial charge in [0, 0.05) is 39.9 Å². The molecule has 0 saturated heterocycles. The fraction of sp³-hybridized carbons (Fsp3) is 0.556. The standard InChI is InChI=1S/C18H27N3O4/c1-5-24-9-8-19-17(22)11-14-12-25-16-7-6-13(18(23)20(2)3)10-15(16)21(14)4/h6-7,10,14H,5,8-9,11-12H2,1-4H3,(H,19,22)/t14-/m1/s1. The van der Waals surface area contributed by atoms with E-state index >= 15 is 0 Å². The van der Waals surface area contributed by atoms with Crippen molar-refractivity contribution in [2.75, 3.05) is 52.4 Å². The smallest absolute Gasteiger partial charge is 0.253 e. The van der Waals surface area contributed by atoms with Crippen LogP contribution >= 0.6 is 0 Å². The van der Waals surface area contributed by atoms with E-state index in [0.717, 1.165) is 11.4 Å². The van der Waals surface area contributed by atoms with E-state index in [-0.39, 0.29) is 17.9 Å². The number of fused-ring (bicyclic) bond motifs is 1. The topological polar surface area (TPSA) is 71.1 Å². The van der Waals surface area contributed by atoms with Crippen LogP contribution in [0.1, 0.15) is 23.7 Å². The average molecular weight is 349 g/mol. The lowest BCUT2D eigenvalue weighted by Crippen LogP contribution is -2.44. The van der Waals surface area contributed by atoms with Crippen LogP contribution in [0.5, 0.6) is 5.75 Å². The van der Waals surface area contributed by atoms with Crippen LogP contribution in [0.2, 0.25) is 0 Å². The molecule has 138 valence electrons. The number of ether oxygens (including phenoxy) is 2. The Bertz CT molecular complexity index is 618. The summed E-state index contributed by atoms with van der Waals surface area (Å²) in [4.78, 5) is 27.8. The van der Waals surface area contributed by atoms with Gasteiger partial charge >= 0.3 is 0 Å². The van der Waals surface area contributed by atoms with Gasteiger partial charge in [0.25, 0.3) is 5.91 Å². The molecule has 2 rings (SSSR count). The first-order chi connectivity index (χ1) is 11.9. The summed E-state index contributed by atoms with van der Waals surface area (Å²) in [6.07, 6.45) is 0.327. The molecule has 2 amide bonds. The second-order valence-corrected chi connectivity index (χ2v) is 6.21. The highest BCUT2D eigenvalue weighted by atomic mass is 16.5. The number of nitrogens with one attached hydrogen (secondary N) is 1. The fourth-order valence-corrected chi connectivity index (χ4v) is 2.69. The van der Waals surface area contributed by atoms with Crippen molar-refractivity contribution in [1.29, 1.82) is 0 Å². The Morgan fingerprint density at radius 3 is 2.84 bits per heavy atom. The van der Waals surface area contributed by atoms with Gasteiger partial charge in [-0.05, 0) is 25.1 Å². The van der Waals surface area contributed by atoms with Crippen LogP contribution in [-0.4, -0.2) is 70.3 Å². The molecular formula is C18H27N3O4. The highest BCUT2D eigenvalue weighted by Crippen LogP contribution is 2.34. The molecule has 1 aliphatic heterocycles. The highest BCUT2D eigenvalue weighted by Gasteiger charge is 2.27. The molecule has 25 heavy (non-hydrogen) atoms. The number of anilines is 1. The van der Waals surface area contributed by atoms with Crippen LogP contribution in [0.4, 0.5) is 5.69 Å². The molecule has 0 bridgehead atoms. The first-order valence-corrected chi connectivity index (χ1v) is 8.49. The van der Waals surface area contributed by atoms with Gasteiger partial charge in [-0.15, -0.1) is 0 Å². The molecule has 1 heterocycles. The molecule has 0 saturated carbocycles. The number of amides is 2. The molecule has 7 nitrogen and oxygen atoms in total. The van der Waals surface area contributed by atoms with Gasteiger partial charge in [0.15, 0.2) is 0 Å². The van der Waals surface area contributed by atoms with Crippen LogP contribution in [-0.2, 0) is 9.53 Å². The number of hydrogen-bond acceptors (Lipinski definition) is 5. The minimum atomic E-state index is -0.0794. The molecule has 0 aliphatic carbocycles. The van der Waals surface area contributed by atoms with Gasteiger partial charge in [-0.3, -0.25) is 9.59 Å². The zero-order chi connectivity index (χ0) is 18.4. The van der Waals surface area contributed by atoms with E-state index in [1.54, 1.807) is 26.2 Å². The number of hydrogen-bond donors (Lipinski definition) is 1. The summed E-state index contributed by atoms with van der Waals surface area (Å²) in [5.41, 5.74) is 1.42. The minimum Gasteiger partial charge on any atom is -0.489 e. The Morgan fingerprint density at radius 2 is 2.16 bits per heavy atom. The molecule has 0 radical (unpaired) electrons. The van der Waals surface area contributed by atoms with E-state index in [4.69, 9.17) is 9.47 Å². The van der Waals surface area contributed by atoms with E-state index < -0.39 is 0 Å². The Labute approximate surface area is 148 Å². The van der Waals surface area contributed by atoms with Gasteiger partial charge in [0.1, 0.15) is 12.4 Å². The molecule has 7 heteroatoms. The molecule has 1 aliphatic rings. The molecule has 0 spiro atoms. The number of likely N-dealkylation sites (N-methyl/N-ethyl adjacent to an activating group) is 1. The maximum absolute atomic E-state index is 12.2. The number of nitrogens with zero attached hydrogens (tertiary/aromatic N) is 2. The summed E-state index contributed by atoms with van der Waals surface area (Å²) < 4.78 is 11.0. The fourth-order valence-electron chi connectivity index (χ4n) is 2.69. The molecule has 1 N–H and O–H groups in total. The SMILES string of the molecule is CCOCCNC(=O)C[C@@H]1COc2ccc(C(=O)N(C)C)cc2N1C. The van der Waals surface area contributed by atoms with Crippen molar-refractivity contribution < 1.29 is 19.1 Å². The van der Waals surface area contributed by atoms with Gasteiger partial charge in [0.2, 0.25) is 5.91 Å². The summed E-state index contributed by atoms with van der Waals surface area (Å²) in [6.45, 7) is 4.01. The third-order valence-electron chi connectivity index (χ3n) is 4.16. The van der Waals surface area contributed by atoms with Gasteiger partial charge in [-0.25, -0.2) is 0 Å². The van der Waals surface area contributed by atoms with E-state index in [1.165, 1.54) is 4.90 Å². The van der Waals surface area contributed by atoms with Crippen molar-refractivity contribution in [3.63, 3.8) is 0 Å². The van der Waals surface area contributed by atoms with Gasteiger partial charge in [-0.1, -0.05) is 0 Å². The van der Waals surface area contributed by atoms with E-state index in [2.05, 4.69) is 5.32 Å². The van der Waals surface area contributed by atoms with Gasteiger partial charge < -0.3 is 24.6 Å². The van der Waals surface area contributed by atoms with Crippen molar-refractivity contribution in [1.82, 2.24) is 10.2 Å². The molecular weight excluding hydrogens is 322 g/mol. The van der Waals surface area contributed by atoms with Crippen LogP contribution < -0.4 is 15.0 Å². The predicted octanol–water partition coefficient (Wildman–Crippen LogP) is 1.13. The third kappa shape index (κ3) is 4.85. The normalized spacial score (nSPS) is 16.0. The Morgan fingerprint density at radius 1 is 1.40 bits per heavy atom. The van der Waals surface area contributed by atoms with Crippen molar-refractivity contribution in [2.24, 2.45) is 0 Å². The largest absolute Gasteiger partial charge is 0.489 e. The summed E-state index contributed by atoms with van der Waals surface area (Å²) >= 11 is 0. The van der Waals surface area contributed by atoms with Crippen LogP contribution in [0.25, 0.3) is 0 Å². The zero-order valence-corrected chi connectivity index (χ0v) is 15.4. The predicted molar refractivity (Wildman–Crippen MR) is 96.3 cm³/mol. The van der Waals surface area contributed by atoms with Crippen molar-refractivity contribution >= 4 is 17.5 Å². The Balaban J connectivity index is 2.01. The maximum atomic E-state index is 12.2. The summed E-state index contributed by atoms with van der Waals surface area (Å²) in [7, 11) is 5.36. The van der Waals surface area contributed by atoms with Crippen molar-refractivity contribution in [3.05, 3.63) is 23.8 Å². The molecule has 1 aromatic rings. The van der Waals surface area contributed by atoms with Crippen LogP contribution in [0, 0.1) is 0 Å². The number of carbonyl (C=O) groups excluding carboxylic acids is 2. The summed E-state index contributed by atoms with van der Waals surface area (Å²) in [5, 5.41) is 2.85. The lowest BCUT2D eigenvalue weighted by atomic mass is 10.1. The Kier molecular flexibility index (Phi) is 6.64. The Hall–Kier alpha value is -2.28. The molecule has 1 atom stereocenters. The third-order valence-corrected chi connectivity index (χ3v) is 4.16. The quantitative estimate of drug-likeness (QED) is 0.747. The highest BCUT2D eigenvalue weighted by molar-refractivity contribution is 5.95. The van der Waals surface area contributed by atoms with Crippen LogP contribution in [0.15, 0.2) is 18.2 Å². The summed E-state index contributed by atoms with van der Waals surface area (Å²) in [5.74, 6) is 0.627. The second-order valence-electron chi connectivity index (χ2n) is 6.21. The number of rotatable bonds is 7. The van der Waals surface area contributed by atoms with E-state index in [1.807, 2.05) is 24.9 Å². The monoisotopic (exact) mass is 349 g/mol. The lowest BCUT2D eigenvalue weighted by molar-refractivity contribution is -0.121. The first kappa shape index (κ1) is 19.1. The number of carbonyl (C=O) groups is 2. The van der Waals surface area contributed by atoms with E-state index in [9.17, 15) is 9.59 Å². The number of benzene rings is 1. The van der Waals surface area contributed by atoms with Crippen LogP contribution in [0.3, 0.4) is 0 Å². The van der Waals surface area contributed by atoms with Crippen molar-refractivity contribution in [2.45, 2.75) is 19.4 Å². The lowest BCUT2D eigenvalue weighted by Gasteiger charge is -2.35. The first-order valence-electron chi connectivity index (χ1n) is 8.49. The average Bonchev–Trinajstić information content (AvgIpc) is 2.60. The molecule has 0 fully saturated rings. The second kappa shape index (κ2) is 8.71. The zero-order valence-electron chi connectivity index (χ0n) is 15.4.